The van der Waals surface area contributed by atoms with Gasteiger partial charge in [-0.25, -0.2) is 0 Å². The molecule has 8 heteroatoms. The molecule has 0 fully saturated rings. The fourth-order valence-corrected chi connectivity index (χ4v) is 1.57. The first-order chi connectivity index (χ1) is 9.01. The van der Waals surface area contributed by atoms with Crippen molar-refractivity contribution in [3.8, 4) is 11.1 Å². The van der Waals surface area contributed by atoms with E-state index in [4.69, 9.17) is 43.2 Å². The van der Waals surface area contributed by atoms with Crippen molar-refractivity contribution in [2.75, 3.05) is 22.9 Å². The van der Waals surface area contributed by atoms with Crippen LogP contribution < -0.4 is 22.9 Å². The molecule has 2 aromatic rings. The van der Waals surface area contributed by atoms with Crippen molar-refractivity contribution in [2.24, 2.45) is 0 Å². The zero-order valence-corrected chi connectivity index (χ0v) is 13.7. The van der Waals surface area contributed by atoms with Gasteiger partial charge >= 0.3 is 33.2 Å². The molecule has 115 valence electrons. The molecule has 0 aromatic heterocycles. The van der Waals surface area contributed by atoms with E-state index in [0.29, 0.717) is 35.6 Å². The molecular formula is C12H14Cl2CoN4Ni. The standard InChI is InChI=1S/C12H14N4.2ClH.Co.Ni/c13-8-3-1-7(2-4-8)9-5-6-10(14)12(16)11(9)15;;;;/h1-6H,13-16H2;2*1H;;/q;;;+2;/p-2. The third-order valence-corrected chi connectivity index (χ3v) is 2.54. The summed E-state index contributed by atoms with van der Waals surface area (Å²) in [5, 5.41) is 0. The van der Waals surface area contributed by atoms with E-state index >= 15 is 0 Å². The van der Waals surface area contributed by atoms with E-state index in [-0.39, 0.29) is 16.5 Å². The Morgan fingerprint density at radius 1 is 0.750 bits per heavy atom. The maximum Gasteiger partial charge on any atom is 0 e. The Kier molecular flexibility index (Phi) is 8.85. The van der Waals surface area contributed by atoms with Gasteiger partial charge in [0.15, 0.2) is 0 Å². The maximum atomic E-state index is 5.92. The average molecular weight is 403 g/mol. The summed E-state index contributed by atoms with van der Waals surface area (Å²) in [6.45, 7) is 0. The molecule has 0 atom stereocenters. The summed E-state index contributed by atoms with van der Waals surface area (Å²) in [5.41, 5.74) is 27.0. The zero-order chi connectivity index (χ0) is 14.4. The molecular weight excluding hydrogens is 389 g/mol. The molecule has 2 rings (SSSR count). The number of hydrogen-bond donors (Lipinski definition) is 4. The van der Waals surface area contributed by atoms with Gasteiger partial charge in [0.1, 0.15) is 0 Å². The van der Waals surface area contributed by atoms with E-state index in [9.17, 15) is 0 Å². The van der Waals surface area contributed by atoms with Crippen LogP contribution in [0.2, 0.25) is 0 Å². The monoisotopic (exact) mass is 401 g/mol. The van der Waals surface area contributed by atoms with Crippen molar-refractivity contribution in [3.63, 3.8) is 0 Å². The topological polar surface area (TPSA) is 104 Å². The molecule has 0 spiro atoms. The van der Waals surface area contributed by atoms with Crippen molar-refractivity contribution < 1.29 is 29.4 Å². The van der Waals surface area contributed by atoms with Crippen molar-refractivity contribution in [1.82, 2.24) is 0 Å². The molecule has 0 aliphatic heterocycles. The predicted molar refractivity (Wildman–Crippen MR) is 81.2 cm³/mol. The van der Waals surface area contributed by atoms with Gasteiger partial charge in [0.05, 0.1) is 17.1 Å². The SMILES string of the molecule is Nc1ccc(-c2ccc(N)c(N)c2N)cc1.[Cl][Co][Cl].[Ni]. The normalized spacial score (nSPS) is 9.30. The van der Waals surface area contributed by atoms with Crippen LogP contribution in [-0.4, -0.2) is 0 Å². The quantitative estimate of drug-likeness (QED) is 0.434. The summed E-state index contributed by atoms with van der Waals surface area (Å²) in [6.07, 6.45) is 0. The summed E-state index contributed by atoms with van der Waals surface area (Å²) < 4.78 is 0. The minimum absolute atomic E-state index is 0. The number of nitrogens with two attached hydrogens (primary N) is 4. The smallest absolute Gasteiger partial charge is 0 e. The van der Waals surface area contributed by atoms with Gasteiger partial charge in [-0.15, -0.1) is 0 Å². The van der Waals surface area contributed by atoms with Gasteiger partial charge in [0.25, 0.3) is 0 Å². The van der Waals surface area contributed by atoms with E-state index in [1.807, 2.05) is 30.3 Å². The summed E-state index contributed by atoms with van der Waals surface area (Å²) in [7, 11) is 9.47. The van der Waals surface area contributed by atoms with Gasteiger partial charge in [-0.05, 0) is 23.8 Å². The van der Waals surface area contributed by atoms with Gasteiger partial charge in [-0.1, -0.05) is 18.2 Å². The van der Waals surface area contributed by atoms with Crippen LogP contribution in [0.25, 0.3) is 11.1 Å². The van der Waals surface area contributed by atoms with Gasteiger partial charge < -0.3 is 22.9 Å². The van der Waals surface area contributed by atoms with Crippen LogP contribution in [0, 0.1) is 0 Å². The molecule has 8 N–H and O–H groups in total. The third kappa shape index (κ3) is 4.96. The molecule has 0 saturated heterocycles. The zero-order valence-electron chi connectivity index (χ0n) is 10.2. The second kappa shape index (κ2) is 9.21. The Labute approximate surface area is 142 Å². The largest absolute Gasteiger partial charge is 0 e. The molecule has 0 saturated carbocycles. The van der Waals surface area contributed by atoms with E-state index in [2.05, 4.69) is 0 Å². The Bertz CT molecular complexity index is 552. The fourth-order valence-electron chi connectivity index (χ4n) is 1.57. The van der Waals surface area contributed by atoms with Crippen LogP contribution >= 0.6 is 20.3 Å². The summed E-state index contributed by atoms with van der Waals surface area (Å²) in [6, 6.07) is 11.0. The number of benzene rings is 2. The average Bonchev–Trinajstić information content (AvgIpc) is 2.39. The maximum absolute atomic E-state index is 5.92. The summed E-state index contributed by atoms with van der Waals surface area (Å²) in [4.78, 5) is 0. The van der Waals surface area contributed by atoms with E-state index in [1.165, 1.54) is 0 Å². The summed E-state index contributed by atoms with van der Waals surface area (Å²) in [5.74, 6) is 0. The number of hydrogen-bond acceptors (Lipinski definition) is 4. The van der Waals surface area contributed by atoms with E-state index in [1.54, 1.807) is 6.07 Å². The van der Waals surface area contributed by atoms with Gasteiger partial charge in [-0.2, -0.15) is 0 Å². The molecule has 0 heterocycles. The molecule has 2 aromatic carbocycles. The number of nitrogen functional groups attached to an aromatic ring is 4. The Morgan fingerprint density at radius 2 is 1.25 bits per heavy atom. The third-order valence-electron chi connectivity index (χ3n) is 2.54. The van der Waals surface area contributed by atoms with E-state index < -0.39 is 0 Å². The minimum atomic E-state index is 0. The van der Waals surface area contributed by atoms with Crippen LogP contribution in [0.1, 0.15) is 0 Å². The molecule has 0 aliphatic carbocycles. The minimum Gasteiger partial charge on any atom is 0 e. The Morgan fingerprint density at radius 3 is 1.75 bits per heavy atom. The molecule has 0 aliphatic rings. The first-order valence-electron chi connectivity index (χ1n) is 5.14. The van der Waals surface area contributed by atoms with Crippen molar-refractivity contribution in [2.45, 2.75) is 0 Å². The van der Waals surface area contributed by atoms with Crippen LogP contribution in [-0.2, 0) is 29.4 Å². The van der Waals surface area contributed by atoms with Crippen LogP contribution in [0.5, 0.6) is 0 Å². The van der Waals surface area contributed by atoms with Crippen molar-refractivity contribution >= 4 is 43.0 Å². The van der Waals surface area contributed by atoms with Crippen LogP contribution in [0.3, 0.4) is 0 Å². The molecule has 0 bridgehead atoms. The van der Waals surface area contributed by atoms with Gasteiger partial charge in [-0.3, -0.25) is 0 Å². The fraction of sp³-hybridized carbons (Fsp3) is 0. The van der Waals surface area contributed by atoms with Crippen LogP contribution in [0.4, 0.5) is 22.7 Å². The van der Waals surface area contributed by atoms with E-state index in [0.717, 1.165) is 11.1 Å². The first-order valence-corrected chi connectivity index (χ1v) is 8.00. The number of anilines is 4. The first kappa shape index (κ1) is 19.2. The Balaban J connectivity index is 0.000000830. The van der Waals surface area contributed by atoms with Crippen molar-refractivity contribution in [1.29, 1.82) is 0 Å². The Hall–Kier alpha value is -0.780. The summed E-state index contributed by atoms with van der Waals surface area (Å²) >= 11 is 0.382. The predicted octanol–water partition coefficient (Wildman–Crippen LogP) is 3.06. The second-order valence-corrected chi connectivity index (χ2v) is 5.42. The van der Waals surface area contributed by atoms with Crippen molar-refractivity contribution in [3.05, 3.63) is 36.4 Å². The number of halogens is 2. The van der Waals surface area contributed by atoms with Gasteiger partial charge in [0.2, 0.25) is 0 Å². The molecule has 0 amide bonds. The molecule has 4 nitrogen and oxygen atoms in total. The number of rotatable bonds is 1. The molecule has 20 heavy (non-hydrogen) atoms. The molecule has 0 unspecified atom stereocenters. The van der Waals surface area contributed by atoms with Gasteiger partial charge in [0, 0.05) is 27.7 Å². The molecule has 0 radical (unpaired) electrons. The van der Waals surface area contributed by atoms with Crippen LogP contribution in [0.15, 0.2) is 36.4 Å². The second-order valence-electron chi connectivity index (χ2n) is 3.70.